The Hall–Kier alpha value is -2.30. The van der Waals surface area contributed by atoms with Crippen molar-refractivity contribution in [3.8, 4) is 5.75 Å². The summed E-state index contributed by atoms with van der Waals surface area (Å²) < 4.78 is 45.1. The molecule has 98 valence electrons. The van der Waals surface area contributed by atoms with Crippen LogP contribution in [0.15, 0.2) is 36.4 Å². The van der Waals surface area contributed by atoms with E-state index in [0.29, 0.717) is 0 Å². The van der Waals surface area contributed by atoms with Crippen LogP contribution in [0.4, 0.5) is 13.2 Å². The Kier molecular flexibility index (Phi) is 3.55. The molecule has 2 aromatic carbocycles. The molecule has 0 aromatic heterocycles. The van der Waals surface area contributed by atoms with Gasteiger partial charge in [0.2, 0.25) is 0 Å². The molecule has 2 nitrogen and oxygen atoms in total. The van der Waals surface area contributed by atoms with Crippen LogP contribution in [0.25, 0.3) is 0 Å². The molecular weight excluding hydrogens is 257 g/mol. The summed E-state index contributed by atoms with van der Waals surface area (Å²) in [6, 6.07) is 6.44. The van der Waals surface area contributed by atoms with Gasteiger partial charge in [-0.25, -0.2) is 13.2 Å². The quantitative estimate of drug-likeness (QED) is 0.796. The first-order valence-corrected chi connectivity index (χ1v) is 5.36. The zero-order valence-electron chi connectivity index (χ0n) is 9.91. The smallest absolute Gasteiger partial charge is 0.199 e. The van der Waals surface area contributed by atoms with Crippen molar-refractivity contribution in [2.45, 2.75) is 0 Å². The molecule has 0 radical (unpaired) electrons. The largest absolute Gasteiger partial charge is 0.497 e. The standard InChI is InChI=1S/C14H9F3O2/c1-19-10-6-11(16)13(12(17)7-10)14(18)8-3-2-4-9(15)5-8/h2-7H,1H3. The molecule has 2 rings (SSSR count). The topological polar surface area (TPSA) is 26.3 Å². The van der Waals surface area contributed by atoms with E-state index in [1.54, 1.807) is 0 Å². The first-order chi connectivity index (χ1) is 9.02. The molecule has 0 fully saturated rings. The van der Waals surface area contributed by atoms with Crippen LogP contribution >= 0.6 is 0 Å². The number of halogens is 3. The Balaban J connectivity index is 2.50. The number of ketones is 1. The van der Waals surface area contributed by atoms with Gasteiger partial charge in [-0.15, -0.1) is 0 Å². The van der Waals surface area contributed by atoms with E-state index in [0.717, 1.165) is 24.3 Å². The van der Waals surface area contributed by atoms with E-state index in [1.807, 2.05) is 0 Å². The lowest BCUT2D eigenvalue weighted by Crippen LogP contribution is -2.08. The molecular formula is C14H9F3O2. The van der Waals surface area contributed by atoms with Crippen molar-refractivity contribution < 1.29 is 22.7 Å². The third-order valence-corrected chi connectivity index (χ3v) is 2.57. The number of carbonyl (C=O) groups is 1. The summed E-state index contributed by atoms with van der Waals surface area (Å²) in [5, 5.41) is 0. The molecule has 0 unspecified atom stereocenters. The van der Waals surface area contributed by atoms with Crippen LogP contribution in [0.5, 0.6) is 5.75 Å². The van der Waals surface area contributed by atoms with E-state index in [1.165, 1.54) is 19.2 Å². The van der Waals surface area contributed by atoms with Crippen molar-refractivity contribution >= 4 is 5.78 Å². The first-order valence-electron chi connectivity index (χ1n) is 5.36. The molecule has 5 heteroatoms. The molecule has 19 heavy (non-hydrogen) atoms. The molecule has 0 N–H and O–H groups in total. The van der Waals surface area contributed by atoms with Gasteiger partial charge < -0.3 is 4.74 Å². The maximum atomic E-state index is 13.7. The number of ether oxygens (including phenoxy) is 1. The lowest BCUT2D eigenvalue weighted by atomic mass is 10.0. The van der Waals surface area contributed by atoms with Crippen LogP contribution in [0, 0.1) is 17.5 Å². The average Bonchev–Trinajstić information content (AvgIpc) is 2.37. The van der Waals surface area contributed by atoms with Gasteiger partial charge in [0.1, 0.15) is 23.2 Å². The predicted molar refractivity (Wildman–Crippen MR) is 62.7 cm³/mol. The monoisotopic (exact) mass is 266 g/mol. The first kappa shape index (κ1) is 13.1. The molecule has 0 bridgehead atoms. The van der Waals surface area contributed by atoms with Gasteiger partial charge in [-0.3, -0.25) is 4.79 Å². The van der Waals surface area contributed by atoms with E-state index >= 15 is 0 Å². The highest BCUT2D eigenvalue weighted by Crippen LogP contribution is 2.23. The lowest BCUT2D eigenvalue weighted by molar-refractivity contribution is 0.103. The highest BCUT2D eigenvalue weighted by molar-refractivity contribution is 6.09. The van der Waals surface area contributed by atoms with Gasteiger partial charge in [-0.2, -0.15) is 0 Å². The molecule has 0 saturated heterocycles. The Morgan fingerprint density at radius 1 is 1.05 bits per heavy atom. The van der Waals surface area contributed by atoms with Gasteiger partial charge >= 0.3 is 0 Å². The third kappa shape index (κ3) is 2.59. The summed E-state index contributed by atoms with van der Waals surface area (Å²) in [7, 11) is 1.25. The predicted octanol–water partition coefficient (Wildman–Crippen LogP) is 3.34. The number of hydrogen-bond acceptors (Lipinski definition) is 2. The molecule has 0 atom stereocenters. The van der Waals surface area contributed by atoms with Gasteiger partial charge in [0.05, 0.1) is 12.7 Å². The van der Waals surface area contributed by atoms with Crippen molar-refractivity contribution in [2.24, 2.45) is 0 Å². The van der Waals surface area contributed by atoms with Crippen molar-refractivity contribution in [1.82, 2.24) is 0 Å². The SMILES string of the molecule is COc1cc(F)c(C(=O)c2cccc(F)c2)c(F)c1. The highest BCUT2D eigenvalue weighted by Gasteiger charge is 2.20. The molecule has 2 aromatic rings. The second kappa shape index (κ2) is 5.14. The number of methoxy groups -OCH3 is 1. The van der Waals surface area contributed by atoms with E-state index in [9.17, 15) is 18.0 Å². The normalized spacial score (nSPS) is 10.3. The van der Waals surface area contributed by atoms with Gasteiger partial charge in [0, 0.05) is 17.7 Å². The van der Waals surface area contributed by atoms with Crippen molar-refractivity contribution in [2.75, 3.05) is 7.11 Å². The summed E-state index contributed by atoms with van der Waals surface area (Å²) in [4.78, 5) is 12.0. The third-order valence-electron chi connectivity index (χ3n) is 2.57. The summed E-state index contributed by atoms with van der Waals surface area (Å²) in [5.74, 6) is -3.71. The van der Waals surface area contributed by atoms with Crippen molar-refractivity contribution in [1.29, 1.82) is 0 Å². The molecule has 0 heterocycles. The fraction of sp³-hybridized carbons (Fsp3) is 0.0714. The van der Waals surface area contributed by atoms with Gasteiger partial charge in [-0.1, -0.05) is 12.1 Å². The second-order valence-corrected chi connectivity index (χ2v) is 3.81. The summed E-state index contributed by atoms with van der Waals surface area (Å²) >= 11 is 0. The molecule has 0 aliphatic rings. The Labute approximate surface area is 107 Å². The number of carbonyl (C=O) groups excluding carboxylic acids is 1. The van der Waals surface area contributed by atoms with Crippen LogP contribution in [0.1, 0.15) is 15.9 Å². The minimum atomic E-state index is -1.05. The lowest BCUT2D eigenvalue weighted by Gasteiger charge is -2.07. The number of hydrogen-bond donors (Lipinski definition) is 0. The highest BCUT2D eigenvalue weighted by atomic mass is 19.1. The van der Waals surface area contributed by atoms with E-state index in [-0.39, 0.29) is 11.3 Å². The van der Waals surface area contributed by atoms with Crippen LogP contribution in [-0.2, 0) is 0 Å². The van der Waals surface area contributed by atoms with Gasteiger partial charge in [-0.05, 0) is 12.1 Å². The van der Waals surface area contributed by atoms with Crippen molar-refractivity contribution in [3.63, 3.8) is 0 Å². The number of rotatable bonds is 3. The zero-order valence-corrected chi connectivity index (χ0v) is 9.91. The molecule has 0 saturated carbocycles. The van der Waals surface area contributed by atoms with Crippen molar-refractivity contribution in [3.05, 3.63) is 65.0 Å². The van der Waals surface area contributed by atoms with E-state index in [4.69, 9.17) is 0 Å². The second-order valence-electron chi connectivity index (χ2n) is 3.81. The fourth-order valence-corrected chi connectivity index (χ4v) is 1.66. The minimum absolute atomic E-state index is 0.0363. The summed E-state index contributed by atoms with van der Waals surface area (Å²) in [6.45, 7) is 0. The fourth-order valence-electron chi connectivity index (χ4n) is 1.66. The van der Waals surface area contributed by atoms with Crippen LogP contribution in [-0.4, -0.2) is 12.9 Å². The minimum Gasteiger partial charge on any atom is -0.497 e. The van der Waals surface area contributed by atoms with Gasteiger partial charge in [0.15, 0.2) is 5.78 Å². The van der Waals surface area contributed by atoms with Gasteiger partial charge in [0.25, 0.3) is 0 Å². The Morgan fingerprint density at radius 3 is 2.21 bits per heavy atom. The van der Waals surface area contributed by atoms with Crippen LogP contribution in [0.2, 0.25) is 0 Å². The maximum Gasteiger partial charge on any atom is 0.199 e. The summed E-state index contributed by atoms with van der Waals surface area (Å²) in [5.41, 5.74) is -0.852. The molecule has 0 aliphatic carbocycles. The molecule has 0 spiro atoms. The Bertz CT molecular complexity index is 615. The van der Waals surface area contributed by atoms with E-state index < -0.39 is 28.8 Å². The maximum absolute atomic E-state index is 13.7. The van der Waals surface area contributed by atoms with E-state index in [2.05, 4.69) is 4.74 Å². The molecule has 0 amide bonds. The average molecular weight is 266 g/mol. The zero-order chi connectivity index (χ0) is 14.0. The van der Waals surface area contributed by atoms with Crippen LogP contribution < -0.4 is 4.74 Å². The Morgan fingerprint density at radius 2 is 1.68 bits per heavy atom. The number of benzene rings is 2. The van der Waals surface area contributed by atoms with Crippen LogP contribution in [0.3, 0.4) is 0 Å². The molecule has 0 aliphatic heterocycles. The summed E-state index contributed by atoms with van der Waals surface area (Å²) in [6.07, 6.45) is 0.